The Balaban J connectivity index is 1.68. The molecule has 2 N–H and O–H groups in total. The average Bonchev–Trinajstić information content (AvgIpc) is 3.31. The van der Waals surface area contributed by atoms with Gasteiger partial charge in [0.25, 0.3) is 0 Å². The third-order valence-electron chi connectivity index (χ3n) is 4.11. The maximum atomic E-state index is 12.1. The monoisotopic (exact) mass is 452 g/mol. The molecule has 2 aromatic rings. The smallest absolute Gasteiger partial charge is 0.230 e. The molecule has 3 rings (SSSR count). The fourth-order valence-electron chi connectivity index (χ4n) is 2.79. The van der Waals surface area contributed by atoms with Gasteiger partial charge in [-0.2, -0.15) is 0 Å². The number of carbonyl (C=O) groups is 1. The number of rotatable bonds is 8. The number of allylic oxidation sites excluding steroid dienone is 1. The van der Waals surface area contributed by atoms with Crippen LogP contribution in [0.5, 0.6) is 5.75 Å². The van der Waals surface area contributed by atoms with Gasteiger partial charge in [-0.3, -0.25) is 9.36 Å². The number of thioether (sulfide) groups is 1. The van der Waals surface area contributed by atoms with E-state index >= 15 is 0 Å². The summed E-state index contributed by atoms with van der Waals surface area (Å²) in [7, 11) is 0. The Bertz CT molecular complexity index is 821. The maximum Gasteiger partial charge on any atom is 0.230 e. The Labute approximate surface area is 170 Å². The van der Waals surface area contributed by atoms with Crippen LogP contribution in [0.4, 0.5) is 0 Å². The molecule has 1 aliphatic heterocycles. The molecule has 2 heterocycles. The first kappa shape index (κ1) is 19.9. The minimum atomic E-state index is -0.0736. The van der Waals surface area contributed by atoms with E-state index in [9.17, 15) is 9.90 Å². The first-order valence-corrected chi connectivity index (χ1v) is 10.4. The van der Waals surface area contributed by atoms with Gasteiger partial charge in [-0.25, -0.2) is 0 Å². The van der Waals surface area contributed by atoms with Crippen LogP contribution in [0.1, 0.15) is 12.8 Å². The minimum Gasteiger partial charge on any atom is -0.507 e. The quantitative estimate of drug-likeness (QED) is 0.472. The van der Waals surface area contributed by atoms with E-state index in [0.29, 0.717) is 29.6 Å². The Hall–Kier alpha value is -1.84. The summed E-state index contributed by atoms with van der Waals surface area (Å²) in [5, 5.41) is 22.1. The minimum absolute atomic E-state index is 0.0736. The van der Waals surface area contributed by atoms with Gasteiger partial charge in [0.05, 0.1) is 17.4 Å². The van der Waals surface area contributed by atoms with E-state index in [-0.39, 0.29) is 23.5 Å². The van der Waals surface area contributed by atoms with Crippen molar-refractivity contribution in [3.8, 4) is 17.1 Å². The normalized spacial score (nSPS) is 16.4. The Kier molecular flexibility index (Phi) is 6.92. The van der Waals surface area contributed by atoms with Gasteiger partial charge in [0.15, 0.2) is 11.0 Å². The number of aromatic nitrogens is 3. The molecular formula is C18H21BrN4O3S. The molecule has 1 atom stereocenters. The summed E-state index contributed by atoms with van der Waals surface area (Å²) in [6.45, 7) is 5.54. The summed E-state index contributed by atoms with van der Waals surface area (Å²) >= 11 is 4.70. The van der Waals surface area contributed by atoms with Crippen LogP contribution in [-0.2, 0) is 16.1 Å². The van der Waals surface area contributed by atoms with Gasteiger partial charge in [0.2, 0.25) is 5.91 Å². The number of hydrogen-bond acceptors (Lipinski definition) is 6. The molecule has 1 aliphatic rings. The molecule has 0 aliphatic carbocycles. The molecule has 0 unspecified atom stereocenters. The van der Waals surface area contributed by atoms with Crippen LogP contribution in [0.2, 0.25) is 0 Å². The standard InChI is InChI=1S/C18H21BrN4O3S/c1-2-7-23-17(14-9-12(19)5-6-15(14)24)21-22-18(23)27-11-16(25)20-10-13-4-3-8-26-13/h2,5-6,9,13,24H,1,3-4,7-8,10-11H2,(H,20,25)/t13-/m1/s1. The number of phenols is 1. The number of nitrogens with one attached hydrogen (secondary N) is 1. The predicted octanol–water partition coefficient (Wildman–Crippen LogP) is 2.99. The third-order valence-corrected chi connectivity index (χ3v) is 5.57. The summed E-state index contributed by atoms with van der Waals surface area (Å²) in [6, 6.07) is 5.13. The molecule has 0 saturated carbocycles. The molecule has 1 aromatic carbocycles. The molecule has 0 radical (unpaired) electrons. The highest BCUT2D eigenvalue weighted by atomic mass is 79.9. The van der Waals surface area contributed by atoms with Gasteiger partial charge >= 0.3 is 0 Å². The zero-order chi connectivity index (χ0) is 19.2. The van der Waals surface area contributed by atoms with Crippen molar-refractivity contribution in [2.45, 2.75) is 30.6 Å². The van der Waals surface area contributed by atoms with Gasteiger partial charge in [0.1, 0.15) is 5.75 Å². The van der Waals surface area contributed by atoms with Crippen molar-refractivity contribution in [3.63, 3.8) is 0 Å². The fraction of sp³-hybridized carbons (Fsp3) is 0.389. The van der Waals surface area contributed by atoms with Crippen LogP contribution in [0.25, 0.3) is 11.4 Å². The average molecular weight is 453 g/mol. The van der Waals surface area contributed by atoms with Crippen LogP contribution >= 0.6 is 27.7 Å². The van der Waals surface area contributed by atoms with Crippen molar-refractivity contribution < 1.29 is 14.6 Å². The molecule has 1 fully saturated rings. The second-order valence-corrected chi connectivity index (χ2v) is 7.95. The lowest BCUT2D eigenvalue weighted by atomic mass is 10.2. The van der Waals surface area contributed by atoms with E-state index in [1.807, 2.05) is 4.57 Å². The fourth-order valence-corrected chi connectivity index (χ4v) is 3.93. The number of aromatic hydroxyl groups is 1. The third kappa shape index (κ3) is 5.12. The van der Waals surface area contributed by atoms with E-state index in [1.165, 1.54) is 11.8 Å². The Morgan fingerprint density at radius 2 is 2.37 bits per heavy atom. The van der Waals surface area contributed by atoms with Crippen LogP contribution in [0, 0.1) is 0 Å². The van der Waals surface area contributed by atoms with E-state index in [2.05, 4.69) is 38.0 Å². The summed E-state index contributed by atoms with van der Waals surface area (Å²) in [5.74, 6) is 0.792. The molecule has 0 bridgehead atoms. The van der Waals surface area contributed by atoms with Gasteiger partial charge in [-0.05, 0) is 31.0 Å². The van der Waals surface area contributed by atoms with E-state index in [1.54, 1.807) is 24.3 Å². The molecule has 9 heteroatoms. The number of amides is 1. The van der Waals surface area contributed by atoms with Gasteiger partial charge < -0.3 is 15.2 Å². The second kappa shape index (κ2) is 9.38. The zero-order valence-electron chi connectivity index (χ0n) is 14.7. The second-order valence-electron chi connectivity index (χ2n) is 6.09. The van der Waals surface area contributed by atoms with Crippen molar-refractivity contribution >= 4 is 33.6 Å². The van der Waals surface area contributed by atoms with Crippen molar-refractivity contribution in [3.05, 3.63) is 35.3 Å². The van der Waals surface area contributed by atoms with E-state index < -0.39 is 0 Å². The lowest BCUT2D eigenvalue weighted by Gasteiger charge is -2.11. The molecule has 144 valence electrons. The van der Waals surface area contributed by atoms with Crippen molar-refractivity contribution in [1.82, 2.24) is 20.1 Å². The number of benzene rings is 1. The molecule has 0 spiro atoms. The lowest BCUT2D eigenvalue weighted by Crippen LogP contribution is -2.32. The van der Waals surface area contributed by atoms with Crippen LogP contribution in [0.15, 0.2) is 40.5 Å². The first-order chi connectivity index (χ1) is 13.1. The number of nitrogens with zero attached hydrogens (tertiary/aromatic N) is 3. The van der Waals surface area contributed by atoms with Crippen molar-refractivity contribution in [2.75, 3.05) is 18.9 Å². The molecule has 7 nitrogen and oxygen atoms in total. The van der Waals surface area contributed by atoms with Crippen molar-refractivity contribution in [1.29, 1.82) is 0 Å². The molecule has 1 amide bonds. The van der Waals surface area contributed by atoms with Crippen LogP contribution in [-0.4, -0.2) is 50.8 Å². The summed E-state index contributed by atoms with van der Waals surface area (Å²) < 4.78 is 8.15. The number of carbonyl (C=O) groups excluding carboxylic acids is 1. The van der Waals surface area contributed by atoms with Gasteiger partial charge in [-0.1, -0.05) is 33.8 Å². The maximum absolute atomic E-state index is 12.1. The summed E-state index contributed by atoms with van der Waals surface area (Å²) in [5.41, 5.74) is 0.563. The van der Waals surface area contributed by atoms with Crippen molar-refractivity contribution in [2.24, 2.45) is 0 Å². The molecule has 1 saturated heterocycles. The Morgan fingerprint density at radius 1 is 1.52 bits per heavy atom. The lowest BCUT2D eigenvalue weighted by molar-refractivity contribution is -0.119. The zero-order valence-corrected chi connectivity index (χ0v) is 17.1. The van der Waals surface area contributed by atoms with Gasteiger partial charge in [0, 0.05) is 24.2 Å². The highest BCUT2D eigenvalue weighted by Gasteiger charge is 2.19. The van der Waals surface area contributed by atoms with Gasteiger partial charge in [-0.15, -0.1) is 16.8 Å². The highest BCUT2D eigenvalue weighted by molar-refractivity contribution is 9.10. The Morgan fingerprint density at radius 3 is 3.11 bits per heavy atom. The summed E-state index contributed by atoms with van der Waals surface area (Å²) in [4.78, 5) is 12.1. The van der Waals surface area contributed by atoms with Crippen LogP contribution in [0.3, 0.4) is 0 Å². The van der Waals surface area contributed by atoms with E-state index in [0.717, 1.165) is 23.9 Å². The summed E-state index contributed by atoms with van der Waals surface area (Å²) in [6.07, 6.45) is 3.88. The number of ether oxygens (including phenoxy) is 1. The largest absolute Gasteiger partial charge is 0.507 e. The number of halogens is 1. The topological polar surface area (TPSA) is 89.3 Å². The molecule has 27 heavy (non-hydrogen) atoms. The van der Waals surface area contributed by atoms with E-state index in [4.69, 9.17) is 4.74 Å². The SMILES string of the molecule is C=CCn1c(SCC(=O)NC[C@H]2CCCO2)nnc1-c1cc(Br)ccc1O. The number of hydrogen-bond donors (Lipinski definition) is 2. The highest BCUT2D eigenvalue weighted by Crippen LogP contribution is 2.32. The first-order valence-electron chi connectivity index (χ1n) is 8.62. The predicted molar refractivity (Wildman–Crippen MR) is 108 cm³/mol. The van der Waals surface area contributed by atoms with Crippen LogP contribution < -0.4 is 5.32 Å². The molecular weight excluding hydrogens is 432 g/mol. The molecule has 1 aromatic heterocycles. The number of phenolic OH excluding ortho intramolecular Hbond substituents is 1.